The second-order valence-electron chi connectivity index (χ2n) is 7.62. The molecule has 154 valence electrons. The molecule has 0 radical (unpaired) electrons. The largest absolute Gasteiger partial charge is 0.416 e. The monoisotopic (exact) mass is 406 g/mol. The molecule has 0 aliphatic carbocycles. The minimum atomic E-state index is -4.53. The lowest BCUT2D eigenvalue weighted by Crippen LogP contribution is -2.33. The number of aryl methyl sites for hydroxylation is 1. The van der Waals surface area contributed by atoms with E-state index >= 15 is 0 Å². The van der Waals surface area contributed by atoms with Gasteiger partial charge in [-0.15, -0.1) is 0 Å². The Morgan fingerprint density at radius 1 is 1.14 bits per heavy atom. The maximum absolute atomic E-state index is 14.7. The summed E-state index contributed by atoms with van der Waals surface area (Å²) >= 11 is 0. The van der Waals surface area contributed by atoms with E-state index < -0.39 is 17.6 Å². The Labute approximate surface area is 166 Å². The first-order chi connectivity index (χ1) is 13.8. The fourth-order valence-electron chi connectivity index (χ4n) is 4.14. The van der Waals surface area contributed by atoms with Crippen molar-refractivity contribution in [2.75, 3.05) is 13.1 Å². The number of hydrogen-bond acceptors (Lipinski definition) is 3. The first-order valence-corrected chi connectivity index (χ1v) is 9.60. The van der Waals surface area contributed by atoms with Gasteiger partial charge >= 0.3 is 6.18 Å². The highest BCUT2D eigenvalue weighted by atomic mass is 19.4. The molecule has 1 aliphatic heterocycles. The van der Waals surface area contributed by atoms with Crippen molar-refractivity contribution in [1.82, 2.24) is 19.4 Å². The van der Waals surface area contributed by atoms with Crippen LogP contribution >= 0.6 is 0 Å². The number of rotatable bonds is 3. The minimum absolute atomic E-state index is 0.0747. The third-order valence-electron chi connectivity index (χ3n) is 5.86. The van der Waals surface area contributed by atoms with Gasteiger partial charge in [-0.2, -0.15) is 13.2 Å². The number of halogens is 4. The van der Waals surface area contributed by atoms with Crippen molar-refractivity contribution >= 4 is 11.2 Å². The number of imidazole rings is 1. The van der Waals surface area contributed by atoms with E-state index in [0.29, 0.717) is 30.6 Å². The van der Waals surface area contributed by atoms with Gasteiger partial charge in [-0.3, -0.25) is 4.90 Å². The van der Waals surface area contributed by atoms with E-state index in [2.05, 4.69) is 14.9 Å². The molecule has 2 aromatic heterocycles. The van der Waals surface area contributed by atoms with E-state index in [1.54, 1.807) is 6.20 Å². The summed E-state index contributed by atoms with van der Waals surface area (Å²) < 4.78 is 55.6. The Hall–Kier alpha value is -2.48. The quantitative estimate of drug-likeness (QED) is 0.585. The van der Waals surface area contributed by atoms with Crippen molar-refractivity contribution in [1.29, 1.82) is 0 Å². The number of likely N-dealkylation sites (tertiary alicyclic amines) is 1. The molecule has 1 saturated heterocycles. The van der Waals surface area contributed by atoms with Gasteiger partial charge in [-0.1, -0.05) is 6.07 Å². The van der Waals surface area contributed by atoms with Crippen LogP contribution in [-0.4, -0.2) is 32.5 Å². The average Bonchev–Trinajstić information content (AvgIpc) is 2.99. The summed E-state index contributed by atoms with van der Waals surface area (Å²) in [6.07, 6.45) is -1.42. The van der Waals surface area contributed by atoms with Gasteiger partial charge in [0.25, 0.3) is 0 Å². The second-order valence-corrected chi connectivity index (χ2v) is 7.62. The molecule has 8 heteroatoms. The van der Waals surface area contributed by atoms with Gasteiger partial charge in [-0.05, 0) is 68.1 Å². The van der Waals surface area contributed by atoms with E-state index in [1.165, 1.54) is 13.0 Å². The first-order valence-electron chi connectivity index (χ1n) is 9.60. The van der Waals surface area contributed by atoms with Crippen molar-refractivity contribution in [3.8, 4) is 0 Å². The molecule has 29 heavy (non-hydrogen) atoms. The average molecular weight is 406 g/mol. The maximum atomic E-state index is 14.7. The highest BCUT2D eigenvalue weighted by molar-refractivity contribution is 5.71. The van der Waals surface area contributed by atoms with Gasteiger partial charge in [0.15, 0.2) is 5.65 Å². The topological polar surface area (TPSA) is 34.0 Å². The van der Waals surface area contributed by atoms with Crippen LogP contribution in [0.1, 0.15) is 41.3 Å². The van der Waals surface area contributed by atoms with Crippen LogP contribution in [0, 0.1) is 12.7 Å². The smallest absolute Gasteiger partial charge is 0.329 e. The molecular weight excluding hydrogens is 384 g/mol. The van der Waals surface area contributed by atoms with Crippen molar-refractivity contribution in [2.24, 2.45) is 7.05 Å². The van der Waals surface area contributed by atoms with Gasteiger partial charge in [0.05, 0.1) is 17.6 Å². The van der Waals surface area contributed by atoms with Gasteiger partial charge in [0.2, 0.25) is 0 Å². The third-order valence-corrected chi connectivity index (χ3v) is 5.86. The molecule has 1 aromatic carbocycles. The van der Waals surface area contributed by atoms with Crippen LogP contribution < -0.4 is 0 Å². The fraction of sp³-hybridized carbons (Fsp3) is 0.429. The molecule has 0 spiro atoms. The number of aromatic nitrogens is 3. The Bertz CT molecular complexity index is 1030. The number of fused-ring (bicyclic) bond motifs is 1. The molecular formula is C21H22F4N4. The van der Waals surface area contributed by atoms with E-state index in [1.807, 2.05) is 23.7 Å². The summed E-state index contributed by atoms with van der Waals surface area (Å²) in [4.78, 5) is 11.1. The van der Waals surface area contributed by atoms with E-state index in [-0.39, 0.29) is 11.5 Å². The molecule has 3 aromatic rings. The van der Waals surface area contributed by atoms with Crippen molar-refractivity contribution < 1.29 is 17.6 Å². The van der Waals surface area contributed by atoms with Crippen LogP contribution in [0.15, 0.2) is 30.5 Å². The van der Waals surface area contributed by atoms with Crippen molar-refractivity contribution in [3.63, 3.8) is 0 Å². The zero-order valence-corrected chi connectivity index (χ0v) is 16.3. The third kappa shape index (κ3) is 3.73. The molecule has 4 nitrogen and oxygen atoms in total. The fourth-order valence-corrected chi connectivity index (χ4v) is 4.14. The molecule has 4 rings (SSSR count). The first kappa shape index (κ1) is 19.8. The maximum Gasteiger partial charge on any atom is 0.416 e. The summed E-state index contributed by atoms with van der Waals surface area (Å²) in [6.45, 7) is 3.34. The Morgan fingerprint density at radius 3 is 2.52 bits per heavy atom. The SMILES string of the molecule is Cc1c(C(F)(F)F)ccc(C2CCN(Cc3nc4ncccc4n3C)CC2)c1F. The summed E-state index contributed by atoms with van der Waals surface area (Å²) in [5, 5.41) is 0. The molecule has 0 amide bonds. The Balaban J connectivity index is 1.46. The number of nitrogens with zero attached hydrogens (tertiary/aromatic N) is 4. The Morgan fingerprint density at radius 2 is 1.86 bits per heavy atom. The number of pyridine rings is 1. The van der Waals surface area contributed by atoms with Crippen LogP contribution in [0.2, 0.25) is 0 Å². The number of benzene rings is 1. The van der Waals surface area contributed by atoms with Crippen LogP contribution in [0.25, 0.3) is 11.2 Å². The van der Waals surface area contributed by atoms with E-state index in [0.717, 1.165) is 30.5 Å². The molecule has 3 heterocycles. The molecule has 0 atom stereocenters. The molecule has 0 N–H and O–H groups in total. The van der Waals surface area contributed by atoms with Crippen LogP contribution in [0.5, 0.6) is 0 Å². The minimum Gasteiger partial charge on any atom is -0.329 e. The molecule has 0 unspecified atom stereocenters. The predicted octanol–water partition coefficient (Wildman–Crippen LogP) is 4.81. The lowest BCUT2D eigenvalue weighted by Gasteiger charge is -2.32. The second kappa shape index (κ2) is 7.40. The van der Waals surface area contributed by atoms with Gasteiger partial charge < -0.3 is 4.57 Å². The summed E-state index contributed by atoms with van der Waals surface area (Å²) in [5.74, 6) is 0.114. The number of hydrogen-bond donors (Lipinski definition) is 0. The highest BCUT2D eigenvalue weighted by Crippen LogP contribution is 2.37. The lowest BCUT2D eigenvalue weighted by molar-refractivity contribution is -0.138. The number of piperidine rings is 1. The molecule has 1 aliphatic rings. The molecule has 1 fully saturated rings. The lowest BCUT2D eigenvalue weighted by atomic mass is 9.87. The Kier molecular flexibility index (Phi) is 5.06. The standard InChI is InChI=1S/C21H22F4N4/c1-13-16(21(23,24)25)6-5-15(19(13)22)14-7-10-29(11-8-14)12-18-27-20-17(28(18)2)4-3-9-26-20/h3-6,9,14H,7-8,10-12H2,1-2H3. The van der Waals surface area contributed by atoms with Crippen LogP contribution in [0.4, 0.5) is 17.6 Å². The number of alkyl halides is 3. The zero-order chi connectivity index (χ0) is 20.8. The van der Waals surface area contributed by atoms with E-state index in [9.17, 15) is 17.6 Å². The zero-order valence-electron chi connectivity index (χ0n) is 16.3. The van der Waals surface area contributed by atoms with E-state index in [4.69, 9.17) is 0 Å². The van der Waals surface area contributed by atoms with Gasteiger partial charge in [-0.25, -0.2) is 14.4 Å². The predicted molar refractivity (Wildman–Crippen MR) is 102 cm³/mol. The van der Waals surface area contributed by atoms with Crippen LogP contribution in [0.3, 0.4) is 0 Å². The van der Waals surface area contributed by atoms with Gasteiger partial charge in [0, 0.05) is 13.2 Å². The highest BCUT2D eigenvalue weighted by Gasteiger charge is 2.35. The van der Waals surface area contributed by atoms with Crippen LogP contribution in [-0.2, 0) is 19.8 Å². The summed E-state index contributed by atoms with van der Waals surface area (Å²) in [5.41, 5.74) is 0.861. The normalized spacial score (nSPS) is 16.6. The molecule has 0 bridgehead atoms. The summed E-state index contributed by atoms with van der Waals surface area (Å²) in [6, 6.07) is 6.16. The van der Waals surface area contributed by atoms with Gasteiger partial charge in [0.1, 0.15) is 11.6 Å². The summed E-state index contributed by atoms with van der Waals surface area (Å²) in [7, 11) is 1.96. The van der Waals surface area contributed by atoms with Crippen molar-refractivity contribution in [3.05, 3.63) is 58.8 Å². The van der Waals surface area contributed by atoms with Crippen molar-refractivity contribution in [2.45, 2.75) is 38.4 Å². The molecule has 0 saturated carbocycles.